The maximum absolute atomic E-state index is 10.6. The van der Waals surface area contributed by atoms with Crippen LogP contribution >= 0.6 is 0 Å². The Morgan fingerprint density at radius 3 is 2.56 bits per heavy atom. The van der Waals surface area contributed by atoms with Crippen LogP contribution in [0.25, 0.3) is 0 Å². The fourth-order valence-corrected chi connectivity index (χ4v) is 1.58. The van der Waals surface area contributed by atoms with Gasteiger partial charge in [-0.3, -0.25) is 14.8 Å². The molecule has 0 unspecified atom stereocenters. The monoisotopic (exact) mass is 226 g/mol. The molecule has 0 fully saturated rings. The van der Waals surface area contributed by atoms with E-state index in [-0.39, 0.29) is 5.69 Å². The van der Waals surface area contributed by atoms with Gasteiger partial charge in [0, 0.05) is 6.54 Å². The maximum Gasteiger partial charge on any atom is 0.309 e. The Labute approximate surface area is 95.0 Å². The molecule has 1 heterocycles. The van der Waals surface area contributed by atoms with Gasteiger partial charge in [-0.1, -0.05) is 13.8 Å². The van der Waals surface area contributed by atoms with Crippen LogP contribution in [-0.2, 0) is 6.54 Å². The summed E-state index contributed by atoms with van der Waals surface area (Å²) in [5.74, 6) is 0. The number of aryl methyl sites for hydroxylation is 1. The van der Waals surface area contributed by atoms with E-state index in [4.69, 9.17) is 0 Å². The predicted molar refractivity (Wildman–Crippen MR) is 61.4 cm³/mol. The van der Waals surface area contributed by atoms with E-state index in [2.05, 4.69) is 23.8 Å². The Hall–Kier alpha value is -1.43. The minimum atomic E-state index is -0.393. The Kier molecular flexibility index (Phi) is 4.42. The van der Waals surface area contributed by atoms with Crippen molar-refractivity contribution in [1.82, 2.24) is 14.7 Å². The van der Waals surface area contributed by atoms with E-state index in [1.807, 2.05) is 0 Å². The van der Waals surface area contributed by atoms with Crippen molar-refractivity contribution in [2.75, 3.05) is 19.6 Å². The molecule has 0 saturated heterocycles. The van der Waals surface area contributed by atoms with E-state index in [0.717, 1.165) is 19.6 Å². The van der Waals surface area contributed by atoms with Gasteiger partial charge < -0.3 is 4.90 Å². The first-order valence-electron chi connectivity index (χ1n) is 5.49. The third-order valence-electron chi connectivity index (χ3n) is 2.66. The topological polar surface area (TPSA) is 64.2 Å². The van der Waals surface area contributed by atoms with Crippen LogP contribution in [0.4, 0.5) is 5.69 Å². The second-order valence-corrected chi connectivity index (χ2v) is 3.65. The zero-order valence-electron chi connectivity index (χ0n) is 10.0. The molecular weight excluding hydrogens is 208 g/mol. The normalized spacial score (nSPS) is 11.0. The van der Waals surface area contributed by atoms with E-state index >= 15 is 0 Å². The van der Waals surface area contributed by atoms with Gasteiger partial charge in [-0.05, 0) is 20.0 Å². The van der Waals surface area contributed by atoms with E-state index in [0.29, 0.717) is 12.2 Å². The lowest BCUT2D eigenvalue weighted by atomic mass is 10.4. The molecule has 1 aromatic heterocycles. The van der Waals surface area contributed by atoms with Gasteiger partial charge in [0.1, 0.15) is 11.9 Å². The predicted octanol–water partition coefficient (Wildman–Crippen LogP) is 1.44. The largest absolute Gasteiger partial charge is 0.309 e. The summed E-state index contributed by atoms with van der Waals surface area (Å²) >= 11 is 0. The van der Waals surface area contributed by atoms with E-state index in [9.17, 15) is 10.1 Å². The van der Waals surface area contributed by atoms with Gasteiger partial charge in [0.05, 0.1) is 11.5 Å². The highest BCUT2D eigenvalue weighted by Gasteiger charge is 2.15. The summed E-state index contributed by atoms with van der Waals surface area (Å²) in [6.45, 7) is 9.38. The minimum absolute atomic E-state index is 0.0968. The highest BCUT2D eigenvalue weighted by Crippen LogP contribution is 2.14. The Balaban J connectivity index is 2.61. The molecule has 0 amide bonds. The van der Waals surface area contributed by atoms with Crippen molar-refractivity contribution in [2.24, 2.45) is 0 Å². The average Bonchev–Trinajstić information content (AvgIpc) is 2.61. The quantitative estimate of drug-likeness (QED) is 0.544. The molecule has 0 bridgehead atoms. The van der Waals surface area contributed by atoms with Crippen LogP contribution in [0.1, 0.15) is 19.5 Å². The first kappa shape index (κ1) is 12.6. The lowest BCUT2D eigenvalue weighted by Gasteiger charge is -2.17. The van der Waals surface area contributed by atoms with Crippen molar-refractivity contribution in [3.8, 4) is 0 Å². The maximum atomic E-state index is 10.6. The van der Waals surface area contributed by atoms with E-state index < -0.39 is 4.92 Å². The zero-order chi connectivity index (χ0) is 12.1. The number of aromatic nitrogens is 2. The van der Waals surface area contributed by atoms with Crippen molar-refractivity contribution in [3.63, 3.8) is 0 Å². The standard InChI is InChI=1S/C10H18N4O2/c1-4-12(5-2)6-7-13-8-10(14(15)16)9(3)11-13/h8H,4-7H2,1-3H3. The van der Waals surface area contributed by atoms with Crippen LogP contribution in [0.5, 0.6) is 0 Å². The van der Waals surface area contributed by atoms with Gasteiger partial charge in [-0.2, -0.15) is 5.10 Å². The van der Waals surface area contributed by atoms with E-state index in [1.165, 1.54) is 6.20 Å². The lowest BCUT2D eigenvalue weighted by Crippen LogP contribution is -2.27. The minimum Gasteiger partial charge on any atom is -0.302 e. The van der Waals surface area contributed by atoms with Gasteiger partial charge in [0.2, 0.25) is 0 Å². The van der Waals surface area contributed by atoms with Crippen molar-refractivity contribution in [3.05, 3.63) is 22.0 Å². The number of nitrogens with zero attached hydrogens (tertiary/aromatic N) is 4. The molecule has 0 spiro atoms. The molecule has 90 valence electrons. The van der Waals surface area contributed by atoms with Crippen molar-refractivity contribution >= 4 is 5.69 Å². The fourth-order valence-electron chi connectivity index (χ4n) is 1.58. The van der Waals surface area contributed by atoms with E-state index in [1.54, 1.807) is 11.6 Å². The smallest absolute Gasteiger partial charge is 0.302 e. The van der Waals surface area contributed by atoms with Crippen LogP contribution in [0.3, 0.4) is 0 Å². The van der Waals surface area contributed by atoms with Crippen molar-refractivity contribution in [1.29, 1.82) is 0 Å². The van der Waals surface area contributed by atoms with Crippen LogP contribution in [-0.4, -0.2) is 39.2 Å². The SMILES string of the molecule is CCN(CC)CCn1cc([N+](=O)[O-])c(C)n1. The number of hydrogen-bond donors (Lipinski definition) is 0. The van der Waals surface area contributed by atoms with Gasteiger partial charge in [-0.15, -0.1) is 0 Å². The molecular formula is C10H18N4O2. The molecule has 0 aliphatic heterocycles. The summed E-state index contributed by atoms with van der Waals surface area (Å²) in [6.07, 6.45) is 1.50. The average molecular weight is 226 g/mol. The summed E-state index contributed by atoms with van der Waals surface area (Å²) in [7, 11) is 0. The molecule has 6 nitrogen and oxygen atoms in total. The van der Waals surface area contributed by atoms with Gasteiger partial charge in [-0.25, -0.2) is 0 Å². The molecule has 0 aliphatic carbocycles. The molecule has 16 heavy (non-hydrogen) atoms. The Morgan fingerprint density at radius 2 is 2.12 bits per heavy atom. The van der Waals surface area contributed by atoms with Crippen LogP contribution in [0, 0.1) is 17.0 Å². The number of likely N-dealkylation sites (N-methyl/N-ethyl adjacent to an activating group) is 1. The second kappa shape index (κ2) is 5.60. The third-order valence-corrected chi connectivity index (χ3v) is 2.66. The Bertz CT molecular complexity index is 358. The third kappa shape index (κ3) is 3.03. The number of rotatable bonds is 6. The van der Waals surface area contributed by atoms with Gasteiger partial charge >= 0.3 is 5.69 Å². The molecule has 0 aliphatic rings. The van der Waals surface area contributed by atoms with Crippen LogP contribution in [0.15, 0.2) is 6.20 Å². The molecule has 0 N–H and O–H groups in total. The molecule has 0 radical (unpaired) electrons. The Morgan fingerprint density at radius 1 is 1.50 bits per heavy atom. The molecule has 1 aromatic rings. The van der Waals surface area contributed by atoms with Crippen molar-refractivity contribution in [2.45, 2.75) is 27.3 Å². The van der Waals surface area contributed by atoms with Crippen LogP contribution < -0.4 is 0 Å². The first-order valence-corrected chi connectivity index (χ1v) is 5.49. The van der Waals surface area contributed by atoms with Crippen LogP contribution in [0.2, 0.25) is 0 Å². The molecule has 0 aromatic carbocycles. The zero-order valence-corrected chi connectivity index (χ0v) is 10.0. The number of nitro groups is 1. The molecule has 1 rings (SSSR count). The summed E-state index contributed by atoms with van der Waals surface area (Å²) < 4.78 is 1.64. The summed E-state index contributed by atoms with van der Waals surface area (Å²) in [6, 6.07) is 0. The molecule has 6 heteroatoms. The lowest BCUT2D eigenvalue weighted by molar-refractivity contribution is -0.385. The molecule has 0 atom stereocenters. The van der Waals surface area contributed by atoms with Gasteiger partial charge in [0.15, 0.2) is 0 Å². The highest BCUT2D eigenvalue weighted by molar-refractivity contribution is 5.30. The number of hydrogen-bond acceptors (Lipinski definition) is 4. The fraction of sp³-hybridized carbons (Fsp3) is 0.700. The second-order valence-electron chi connectivity index (χ2n) is 3.65. The summed E-state index contributed by atoms with van der Waals surface area (Å²) in [5, 5.41) is 14.7. The first-order chi connectivity index (χ1) is 7.58. The summed E-state index contributed by atoms with van der Waals surface area (Å²) in [5.41, 5.74) is 0.573. The van der Waals surface area contributed by atoms with Gasteiger partial charge in [0.25, 0.3) is 0 Å². The van der Waals surface area contributed by atoms with Crippen molar-refractivity contribution < 1.29 is 4.92 Å². The highest BCUT2D eigenvalue weighted by atomic mass is 16.6. The molecule has 0 saturated carbocycles. The summed E-state index contributed by atoms with van der Waals surface area (Å²) in [4.78, 5) is 12.5.